The van der Waals surface area contributed by atoms with Gasteiger partial charge in [-0.1, -0.05) is 29.8 Å². The molecule has 0 saturated carbocycles. The summed E-state index contributed by atoms with van der Waals surface area (Å²) in [6.07, 6.45) is 1.55. The average Bonchev–Trinajstić information content (AvgIpc) is 2.61. The molecule has 3 rings (SSSR count). The summed E-state index contributed by atoms with van der Waals surface area (Å²) in [4.78, 5) is 12.1. The average molecular weight is 340 g/mol. The third-order valence-electron chi connectivity index (χ3n) is 4.29. The summed E-state index contributed by atoms with van der Waals surface area (Å²) in [6.45, 7) is 3.15. The third kappa shape index (κ3) is 4.66. The van der Waals surface area contributed by atoms with Gasteiger partial charge in [-0.15, -0.1) is 0 Å². The zero-order chi connectivity index (χ0) is 17.6. The molecule has 1 atom stereocenters. The number of ether oxygens (including phenoxy) is 2. The van der Waals surface area contributed by atoms with Crippen LogP contribution in [-0.2, 0) is 12.8 Å². The van der Waals surface area contributed by atoms with Crippen molar-refractivity contribution in [3.8, 4) is 11.5 Å². The molecule has 5 heteroatoms. The van der Waals surface area contributed by atoms with Crippen LogP contribution in [0.4, 0.5) is 4.79 Å². The summed E-state index contributed by atoms with van der Waals surface area (Å²) in [7, 11) is 1.64. The highest BCUT2D eigenvalue weighted by molar-refractivity contribution is 5.74. The number of aryl methyl sites for hydroxylation is 1. The Morgan fingerprint density at radius 1 is 1.28 bits per heavy atom. The van der Waals surface area contributed by atoms with Crippen LogP contribution in [0.3, 0.4) is 0 Å². The Kier molecular flexibility index (Phi) is 5.43. The first kappa shape index (κ1) is 17.1. The van der Waals surface area contributed by atoms with Gasteiger partial charge in [0.05, 0.1) is 13.2 Å². The van der Waals surface area contributed by atoms with Crippen LogP contribution in [0.5, 0.6) is 11.5 Å². The molecule has 2 aromatic rings. The van der Waals surface area contributed by atoms with Crippen molar-refractivity contribution in [3.05, 3.63) is 59.2 Å². The van der Waals surface area contributed by atoms with E-state index in [-0.39, 0.29) is 12.1 Å². The van der Waals surface area contributed by atoms with Crippen molar-refractivity contribution in [2.24, 2.45) is 0 Å². The molecule has 0 spiro atoms. The Balaban J connectivity index is 1.47. The lowest BCUT2D eigenvalue weighted by atomic mass is 10.0. The van der Waals surface area contributed by atoms with Gasteiger partial charge in [-0.25, -0.2) is 4.79 Å². The van der Waals surface area contributed by atoms with Crippen LogP contribution in [0.15, 0.2) is 42.5 Å². The highest BCUT2D eigenvalue weighted by atomic mass is 16.5. The van der Waals surface area contributed by atoms with E-state index in [1.54, 1.807) is 7.11 Å². The standard InChI is InChI=1S/C20H24N2O3/c1-14-4-3-5-15(10-14)8-9-21-20(23)22-17-11-16-12-18(24-2)6-7-19(16)25-13-17/h3-7,10,12,17H,8-9,11,13H2,1-2H3,(H2,21,22,23)/t17-/m0/s1. The van der Waals surface area contributed by atoms with Gasteiger partial charge in [0.1, 0.15) is 18.1 Å². The number of hydrogen-bond donors (Lipinski definition) is 2. The van der Waals surface area contributed by atoms with Gasteiger partial charge in [-0.05, 0) is 49.1 Å². The number of benzene rings is 2. The van der Waals surface area contributed by atoms with Crippen molar-refractivity contribution in [2.45, 2.75) is 25.8 Å². The summed E-state index contributed by atoms with van der Waals surface area (Å²) < 4.78 is 11.0. The second-order valence-corrected chi connectivity index (χ2v) is 6.32. The van der Waals surface area contributed by atoms with Crippen molar-refractivity contribution in [2.75, 3.05) is 20.3 Å². The lowest BCUT2D eigenvalue weighted by molar-refractivity contribution is 0.214. The van der Waals surface area contributed by atoms with Crippen LogP contribution in [0, 0.1) is 6.92 Å². The van der Waals surface area contributed by atoms with E-state index in [0.29, 0.717) is 13.2 Å². The Bertz CT molecular complexity index is 745. The van der Waals surface area contributed by atoms with Crippen molar-refractivity contribution in [1.29, 1.82) is 0 Å². The van der Waals surface area contributed by atoms with Crippen molar-refractivity contribution in [1.82, 2.24) is 10.6 Å². The SMILES string of the molecule is COc1ccc2c(c1)C[C@H](NC(=O)NCCc1cccc(C)c1)CO2. The van der Waals surface area contributed by atoms with Crippen molar-refractivity contribution >= 4 is 6.03 Å². The normalized spacial score (nSPS) is 15.7. The number of urea groups is 1. The molecule has 0 aliphatic carbocycles. The molecule has 0 radical (unpaired) electrons. The summed E-state index contributed by atoms with van der Waals surface area (Å²) >= 11 is 0. The first-order valence-electron chi connectivity index (χ1n) is 8.53. The van der Waals surface area contributed by atoms with Gasteiger partial charge < -0.3 is 20.1 Å². The first-order valence-corrected chi connectivity index (χ1v) is 8.53. The number of hydrogen-bond acceptors (Lipinski definition) is 3. The zero-order valence-corrected chi connectivity index (χ0v) is 14.7. The molecule has 0 saturated heterocycles. The summed E-state index contributed by atoms with van der Waals surface area (Å²) in [6, 6.07) is 13.9. The maximum atomic E-state index is 12.1. The molecule has 0 unspecified atom stereocenters. The fourth-order valence-corrected chi connectivity index (χ4v) is 3.02. The molecular weight excluding hydrogens is 316 g/mol. The highest BCUT2D eigenvalue weighted by Crippen LogP contribution is 2.28. The molecule has 2 aromatic carbocycles. The molecule has 5 nitrogen and oxygen atoms in total. The van der Waals surface area contributed by atoms with Gasteiger partial charge in [0.15, 0.2) is 0 Å². The maximum absolute atomic E-state index is 12.1. The quantitative estimate of drug-likeness (QED) is 0.880. The van der Waals surface area contributed by atoms with E-state index in [9.17, 15) is 4.79 Å². The second-order valence-electron chi connectivity index (χ2n) is 6.32. The van der Waals surface area contributed by atoms with Gasteiger partial charge in [0.25, 0.3) is 0 Å². The number of rotatable bonds is 5. The minimum absolute atomic E-state index is 0.0430. The van der Waals surface area contributed by atoms with E-state index in [4.69, 9.17) is 9.47 Å². The maximum Gasteiger partial charge on any atom is 0.315 e. The van der Waals surface area contributed by atoms with Gasteiger partial charge in [0, 0.05) is 6.54 Å². The van der Waals surface area contributed by atoms with Crippen LogP contribution in [0.1, 0.15) is 16.7 Å². The summed E-state index contributed by atoms with van der Waals surface area (Å²) in [5.74, 6) is 1.66. The number of methoxy groups -OCH3 is 1. The Labute approximate surface area is 148 Å². The fourth-order valence-electron chi connectivity index (χ4n) is 3.02. The molecule has 1 aliphatic rings. The summed E-state index contributed by atoms with van der Waals surface area (Å²) in [5.41, 5.74) is 3.51. The fraction of sp³-hybridized carbons (Fsp3) is 0.350. The number of amides is 2. The lowest BCUT2D eigenvalue weighted by Gasteiger charge is -2.26. The molecule has 2 amide bonds. The van der Waals surface area contributed by atoms with Gasteiger partial charge in [-0.3, -0.25) is 0 Å². The summed E-state index contributed by atoms with van der Waals surface area (Å²) in [5, 5.41) is 5.89. The molecule has 25 heavy (non-hydrogen) atoms. The molecule has 0 aromatic heterocycles. The zero-order valence-electron chi connectivity index (χ0n) is 14.7. The van der Waals surface area contributed by atoms with E-state index in [1.165, 1.54) is 11.1 Å². The second kappa shape index (κ2) is 7.92. The van der Waals surface area contributed by atoms with Crippen molar-refractivity contribution < 1.29 is 14.3 Å². The highest BCUT2D eigenvalue weighted by Gasteiger charge is 2.21. The lowest BCUT2D eigenvalue weighted by Crippen LogP contribution is -2.47. The van der Waals surface area contributed by atoms with Crippen LogP contribution < -0.4 is 20.1 Å². The van der Waals surface area contributed by atoms with Crippen LogP contribution in [0.2, 0.25) is 0 Å². The van der Waals surface area contributed by atoms with Gasteiger partial charge in [-0.2, -0.15) is 0 Å². The molecule has 1 heterocycles. The largest absolute Gasteiger partial charge is 0.497 e. The Hall–Kier alpha value is -2.69. The predicted octanol–water partition coefficient (Wildman–Crippen LogP) is 2.85. The van der Waals surface area contributed by atoms with Gasteiger partial charge >= 0.3 is 6.03 Å². The van der Waals surface area contributed by atoms with E-state index in [1.807, 2.05) is 24.3 Å². The van der Waals surface area contributed by atoms with Crippen LogP contribution in [-0.4, -0.2) is 32.3 Å². The molecule has 132 valence electrons. The predicted molar refractivity (Wildman–Crippen MR) is 97.4 cm³/mol. The molecular formula is C20H24N2O3. The minimum Gasteiger partial charge on any atom is -0.497 e. The van der Waals surface area contributed by atoms with E-state index in [2.05, 4.69) is 35.8 Å². The molecule has 0 fully saturated rings. The number of carbonyl (C=O) groups excluding carboxylic acids is 1. The minimum atomic E-state index is -0.160. The Morgan fingerprint density at radius 3 is 2.96 bits per heavy atom. The van der Waals surface area contributed by atoms with Crippen LogP contribution in [0.25, 0.3) is 0 Å². The first-order chi connectivity index (χ1) is 12.1. The van der Waals surface area contributed by atoms with Crippen molar-refractivity contribution in [3.63, 3.8) is 0 Å². The molecule has 1 aliphatic heterocycles. The number of nitrogens with one attached hydrogen (secondary N) is 2. The third-order valence-corrected chi connectivity index (χ3v) is 4.29. The monoisotopic (exact) mass is 340 g/mol. The number of carbonyl (C=O) groups is 1. The van der Waals surface area contributed by atoms with Gasteiger partial charge in [0.2, 0.25) is 0 Å². The van der Waals surface area contributed by atoms with E-state index >= 15 is 0 Å². The van der Waals surface area contributed by atoms with Crippen LogP contribution >= 0.6 is 0 Å². The Morgan fingerprint density at radius 2 is 2.16 bits per heavy atom. The smallest absolute Gasteiger partial charge is 0.315 e. The van der Waals surface area contributed by atoms with E-state index < -0.39 is 0 Å². The molecule has 2 N–H and O–H groups in total. The van der Waals surface area contributed by atoms with E-state index in [0.717, 1.165) is 29.9 Å². The molecule has 0 bridgehead atoms. The number of fused-ring (bicyclic) bond motifs is 1. The topological polar surface area (TPSA) is 59.6 Å².